The molecular weight excluding hydrogens is 464 g/mol. The number of nitriles is 1. The van der Waals surface area contributed by atoms with Gasteiger partial charge in [0.25, 0.3) is 0 Å². The van der Waals surface area contributed by atoms with Crippen LogP contribution < -0.4 is 9.64 Å². The van der Waals surface area contributed by atoms with Crippen LogP contribution in [0.2, 0.25) is 0 Å². The molecule has 0 amide bonds. The number of hydrogen-bond donors (Lipinski definition) is 0. The van der Waals surface area contributed by atoms with Crippen LogP contribution in [-0.2, 0) is 4.74 Å². The van der Waals surface area contributed by atoms with Crippen LogP contribution >= 0.6 is 11.8 Å². The highest BCUT2D eigenvalue weighted by Gasteiger charge is 2.26. The standard InChI is InChI=1S/C24H28N8O2S/c1-33-18-8-6-17(7-9-18)20-21-22(32(16-27-21)19-5-3-4-14-34-19)29-23(28-20)30-10-12-31(13-11-30)24(35-2)26-15-25/h6-9,16,19H,3-5,10-14H2,1-2H3. The van der Waals surface area contributed by atoms with Crippen LogP contribution in [0, 0.1) is 11.5 Å². The summed E-state index contributed by atoms with van der Waals surface area (Å²) in [7, 11) is 1.66. The first kappa shape index (κ1) is 23.4. The first-order valence-corrected chi connectivity index (χ1v) is 13.0. The number of aliphatic imine (C=N–C) groups is 1. The molecular formula is C24H28N8O2S. The smallest absolute Gasteiger partial charge is 0.228 e. The molecule has 0 radical (unpaired) electrons. The summed E-state index contributed by atoms with van der Waals surface area (Å²) in [5.74, 6) is 1.46. The summed E-state index contributed by atoms with van der Waals surface area (Å²) in [5.41, 5.74) is 3.29. The van der Waals surface area contributed by atoms with E-state index in [1.807, 2.05) is 47.6 Å². The van der Waals surface area contributed by atoms with E-state index in [-0.39, 0.29) is 6.23 Å². The van der Waals surface area contributed by atoms with Crippen molar-refractivity contribution in [1.29, 1.82) is 5.26 Å². The predicted octanol–water partition coefficient (Wildman–Crippen LogP) is 3.52. The van der Waals surface area contributed by atoms with Gasteiger partial charge in [-0.3, -0.25) is 4.57 Å². The number of methoxy groups -OCH3 is 1. The van der Waals surface area contributed by atoms with Crippen molar-refractivity contribution >= 4 is 34.0 Å². The molecule has 2 aliphatic rings. The minimum atomic E-state index is -0.0663. The van der Waals surface area contributed by atoms with Crippen molar-refractivity contribution in [2.75, 3.05) is 51.1 Å². The van der Waals surface area contributed by atoms with Crippen molar-refractivity contribution in [3.05, 3.63) is 30.6 Å². The van der Waals surface area contributed by atoms with E-state index in [2.05, 4.69) is 14.8 Å². The number of ether oxygens (including phenoxy) is 2. The molecule has 2 saturated heterocycles. The molecule has 5 rings (SSSR count). The Morgan fingerprint density at radius 2 is 1.97 bits per heavy atom. The number of amidine groups is 1. The van der Waals surface area contributed by atoms with E-state index in [0.717, 1.165) is 85.4 Å². The second kappa shape index (κ2) is 10.5. The molecule has 2 aliphatic heterocycles. The number of fused-ring (bicyclic) bond motifs is 1. The molecule has 3 aromatic rings. The zero-order chi connectivity index (χ0) is 24.2. The Bertz CT molecular complexity index is 1240. The van der Waals surface area contributed by atoms with Gasteiger partial charge in [0.2, 0.25) is 12.1 Å². The third-order valence-electron chi connectivity index (χ3n) is 6.40. The Hall–Kier alpha value is -3.36. The van der Waals surface area contributed by atoms with Crippen molar-refractivity contribution < 1.29 is 9.47 Å². The maximum Gasteiger partial charge on any atom is 0.228 e. The summed E-state index contributed by atoms with van der Waals surface area (Å²) in [6, 6.07) is 7.87. The largest absolute Gasteiger partial charge is 0.497 e. The van der Waals surface area contributed by atoms with Gasteiger partial charge in [-0.2, -0.15) is 10.2 Å². The van der Waals surface area contributed by atoms with E-state index in [1.54, 1.807) is 7.11 Å². The molecule has 10 nitrogen and oxygen atoms in total. The first-order valence-electron chi connectivity index (χ1n) is 11.7. The molecule has 2 fully saturated rings. The number of aromatic nitrogens is 4. The van der Waals surface area contributed by atoms with Crippen LogP contribution in [0.4, 0.5) is 5.95 Å². The van der Waals surface area contributed by atoms with Crippen molar-refractivity contribution in [2.24, 2.45) is 4.99 Å². The summed E-state index contributed by atoms with van der Waals surface area (Å²) in [6.45, 7) is 3.69. The van der Waals surface area contributed by atoms with Crippen LogP contribution in [0.3, 0.4) is 0 Å². The summed E-state index contributed by atoms with van der Waals surface area (Å²) in [6.07, 6.45) is 8.75. The van der Waals surface area contributed by atoms with E-state index in [0.29, 0.717) is 5.95 Å². The van der Waals surface area contributed by atoms with E-state index in [9.17, 15) is 0 Å². The van der Waals surface area contributed by atoms with Gasteiger partial charge < -0.3 is 19.3 Å². The van der Waals surface area contributed by atoms with Gasteiger partial charge in [0, 0.05) is 38.3 Å². The quantitative estimate of drug-likeness (QED) is 0.307. The maximum absolute atomic E-state index is 8.98. The molecule has 0 spiro atoms. The fourth-order valence-corrected chi connectivity index (χ4v) is 5.11. The number of nitrogens with zero attached hydrogens (tertiary/aromatic N) is 8. The zero-order valence-corrected chi connectivity index (χ0v) is 20.7. The van der Waals surface area contributed by atoms with Gasteiger partial charge in [0.1, 0.15) is 23.2 Å². The number of hydrogen-bond acceptors (Lipinski definition) is 9. The molecule has 11 heteroatoms. The maximum atomic E-state index is 8.98. The van der Waals surface area contributed by atoms with Crippen molar-refractivity contribution in [2.45, 2.75) is 25.5 Å². The monoisotopic (exact) mass is 492 g/mol. The highest BCUT2D eigenvalue weighted by molar-refractivity contribution is 8.13. The van der Waals surface area contributed by atoms with Crippen molar-refractivity contribution in [3.8, 4) is 23.2 Å². The van der Waals surface area contributed by atoms with Gasteiger partial charge in [0.05, 0.1) is 13.4 Å². The Kier molecular flexibility index (Phi) is 7.01. The molecule has 2 aromatic heterocycles. The normalized spacial score (nSPS) is 19.1. The molecule has 4 heterocycles. The van der Waals surface area contributed by atoms with E-state index in [1.165, 1.54) is 11.8 Å². The summed E-state index contributed by atoms with van der Waals surface area (Å²) >= 11 is 1.49. The lowest BCUT2D eigenvalue weighted by molar-refractivity contribution is -0.0298. The van der Waals surface area contributed by atoms with Gasteiger partial charge in [-0.25, -0.2) is 9.97 Å². The van der Waals surface area contributed by atoms with Crippen LogP contribution in [-0.4, -0.2) is 75.7 Å². The van der Waals surface area contributed by atoms with Gasteiger partial charge in [0.15, 0.2) is 10.8 Å². The number of rotatable bonds is 4. The van der Waals surface area contributed by atoms with Crippen LogP contribution in [0.1, 0.15) is 25.5 Å². The SMILES string of the molecule is COc1ccc(-c2nc(N3CCN(C(=NC#N)SC)CC3)nc3c2ncn3C2CCCCO2)cc1. The number of piperazine rings is 1. The van der Waals surface area contributed by atoms with Crippen LogP contribution in [0.5, 0.6) is 5.75 Å². The lowest BCUT2D eigenvalue weighted by Crippen LogP contribution is -2.48. The molecule has 0 aliphatic carbocycles. The summed E-state index contributed by atoms with van der Waals surface area (Å²) < 4.78 is 13.4. The zero-order valence-electron chi connectivity index (χ0n) is 19.9. The van der Waals surface area contributed by atoms with E-state index in [4.69, 9.17) is 29.7 Å². The average Bonchev–Trinajstić information content (AvgIpc) is 3.36. The molecule has 1 unspecified atom stereocenters. The Balaban J connectivity index is 1.52. The van der Waals surface area contributed by atoms with Crippen molar-refractivity contribution in [1.82, 2.24) is 24.4 Å². The lowest BCUT2D eigenvalue weighted by atomic mass is 10.1. The molecule has 0 bridgehead atoms. The van der Waals surface area contributed by atoms with Gasteiger partial charge in [-0.1, -0.05) is 11.8 Å². The second-order valence-corrected chi connectivity index (χ2v) is 9.19. The molecule has 182 valence electrons. The van der Waals surface area contributed by atoms with Crippen molar-refractivity contribution in [3.63, 3.8) is 0 Å². The topological polar surface area (TPSA) is 105 Å². The fraction of sp³-hybridized carbons (Fsp3) is 0.458. The van der Waals surface area contributed by atoms with Gasteiger partial charge >= 0.3 is 0 Å². The highest BCUT2D eigenvalue weighted by Crippen LogP contribution is 2.32. The summed E-state index contributed by atoms with van der Waals surface area (Å²) in [5, 5.41) is 9.72. The number of thioether (sulfide) groups is 1. The molecule has 35 heavy (non-hydrogen) atoms. The Morgan fingerprint density at radius 1 is 1.17 bits per heavy atom. The Labute approximate surface area is 208 Å². The predicted molar refractivity (Wildman–Crippen MR) is 136 cm³/mol. The molecule has 0 N–H and O–H groups in total. The third kappa shape index (κ3) is 4.76. The minimum absolute atomic E-state index is 0.0663. The summed E-state index contributed by atoms with van der Waals surface area (Å²) in [4.78, 5) is 23.0. The van der Waals surface area contributed by atoms with E-state index < -0.39 is 0 Å². The molecule has 1 atom stereocenters. The first-order chi connectivity index (χ1) is 17.2. The third-order valence-corrected chi connectivity index (χ3v) is 7.11. The minimum Gasteiger partial charge on any atom is -0.497 e. The van der Waals surface area contributed by atoms with Crippen LogP contribution in [0.25, 0.3) is 22.4 Å². The fourth-order valence-electron chi connectivity index (χ4n) is 4.54. The molecule has 0 saturated carbocycles. The number of benzene rings is 1. The average molecular weight is 493 g/mol. The molecule has 1 aromatic carbocycles. The number of imidazole rings is 1. The van der Waals surface area contributed by atoms with Gasteiger partial charge in [-0.05, 0) is 49.8 Å². The van der Waals surface area contributed by atoms with Crippen LogP contribution in [0.15, 0.2) is 35.6 Å². The van der Waals surface area contributed by atoms with Gasteiger partial charge in [-0.15, -0.1) is 4.99 Å². The lowest BCUT2D eigenvalue weighted by Gasteiger charge is -2.35. The van der Waals surface area contributed by atoms with E-state index >= 15 is 0 Å². The number of anilines is 1. The second-order valence-electron chi connectivity index (χ2n) is 8.42. The highest BCUT2D eigenvalue weighted by atomic mass is 32.2. The Morgan fingerprint density at radius 3 is 2.63 bits per heavy atom.